The molecule has 0 bridgehead atoms. The van der Waals surface area contributed by atoms with E-state index < -0.39 is 0 Å². The molecule has 0 unspecified atom stereocenters. The molecule has 0 aliphatic heterocycles. The first-order valence-electron chi connectivity index (χ1n) is 6.47. The van der Waals surface area contributed by atoms with Crippen LogP contribution in [-0.2, 0) is 0 Å². The summed E-state index contributed by atoms with van der Waals surface area (Å²) >= 11 is 0. The number of hydrogen-bond acceptors (Lipinski definition) is 5. The molecule has 0 amide bonds. The zero-order valence-electron chi connectivity index (χ0n) is 11.5. The van der Waals surface area contributed by atoms with Gasteiger partial charge in [-0.1, -0.05) is 0 Å². The van der Waals surface area contributed by atoms with E-state index >= 15 is 0 Å². The molecule has 2 aromatic rings. The van der Waals surface area contributed by atoms with Crippen LogP contribution in [0.2, 0.25) is 0 Å². The standard InChI is InChI=1S/C15H16N2O3/c1-3-19-13-6-5-11(9-14(13)20-4-2)15(18)12-7-8-16-17-10-12/h5-10H,3-4H2,1-2H3. The number of ether oxygens (including phenoxy) is 2. The quantitative estimate of drug-likeness (QED) is 0.756. The van der Waals surface area contributed by atoms with Crippen LogP contribution in [0.1, 0.15) is 29.8 Å². The number of aromatic nitrogens is 2. The molecule has 0 fully saturated rings. The van der Waals surface area contributed by atoms with E-state index in [9.17, 15) is 4.79 Å². The van der Waals surface area contributed by atoms with Gasteiger partial charge in [-0.15, -0.1) is 0 Å². The first-order chi connectivity index (χ1) is 9.76. The lowest BCUT2D eigenvalue weighted by Crippen LogP contribution is -2.04. The van der Waals surface area contributed by atoms with Crippen molar-refractivity contribution in [3.8, 4) is 11.5 Å². The molecule has 1 heterocycles. The second kappa shape index (κ2) is 6.65. The molecule has 1 aromatic heterocycles. The second-order valence-electron chi connectivity index (χ2n) is 3.99. The number of rotatable bonds is 6. The number of ketones is 1. The molecule has 0 aliphatic rings. The second-order valence-corrected chi connectivity index (χ2v) is 3.99. The van der Waals surface area contributed by atoms with Gasteiger partial charge in [-0.05, 0) is 38.1 Å². The van der Waals surface area contributed by atoms with Crippen molar-refractivity contribution in [3.05, 3.63) is 47.8 Å². The first-order valence-corrected chi connectivity index (χ1v) is 6.47. The van der Waals surface area contributed by atoms with E-state index in [1.54, 1.807) is 24.3 Å². The Morgan fingerprint density at radius 1 is 1.00 bits per heavy atom. The maximum atomic E-state index is 12.3. The molecular weight excluding hydrogens is 256 g/mol. The molecule has 0 saturated heterocycles. The van der Waals surface area contributed by atoms with Gasteiger partial charge in [-0.3, -0.25) is 4.79 Å². The summed E-state index contributed by atoms with van der Waals surface area (Å²) in [6.07, 6.45) is 2.93. The summed E-state index contributed by atoms with van der Waals surface area (Å²) in [6, 6.07) is 6.79. The van der Waals surface area contributed by atoms with Crippen LogP contribution in [-0.4, -0.2) is 29.2 Å². The van der Waals surface area contributed by atoms with E-state index in [1.807, 2.05) is 13.8 Å². The van der Waals surface area contributed by atoms with Crippen molar-refractivity contribution < 1.29 is 14.3 Å². The van der Waals surface area contributed by atoms with Gasteiger partial charge < -0.3 is 9.47 Å². The smallest absolute Gasteiger partial charge is 0.194 e. The number of benzene rings is 1. The lowest BCUT2D eigenvalue weighted by molar-refractivity contribution is 0.103. The van der Waals surface area contributed by atoms with Crippen molar-refractivity contribution in [2.45, 2.75) is 13.8 Å². The zero-order chi connectivity index (χ0) is 14.4. The van der Waals surface area contributed by atoms with E-state index in [-0.39, 0.29) is 5.78 Å². The molecule has 1 aromatic carbocycles. The highest BCUT2D eigenvalue weighted by Crippen LogP contribution is 2.29. The highest BCUT2D eigenvalue weighted by Gasteiger charge is 2.13. The SMILES string of the molecule is CCOc1ccc(C(=O)c2ccnnc2)cc1OCC. The molecule has 0 atom stereocenters. The van der Waals surface area contributed by atoms with E-state index in [4.69, 9.17) is 9.47 Å². The van der Waals surface area contributed by atoms with Crippen LogP contribution in [0.25, 0.3) is 0 Å². The van der Waals surface area contributed by atoms with E-state index in [0.29, 0.717) is 35.8 Å². The third kappa shape index (κ3) is 3.12. The van der Waals surface area contributed by atoms with Gasteiger partial charge in [0.25, 0.3) is 0 Å². The highest BCUT2D eigenvalue weighted by atomic mass is 16.5. The summed E-state index contributed by atoms with van der Waals surface area (Å²) in [7, 11) is 0. The Morgan fingerprint density at radius 2 is 1.75 bits per heavy atom. The molecule has 0 aliphatic carbocycles. The largest absolute Gasteiger partial charge is 0.490 e. The van der Waals surface area contributed by atoms with E-state index in [1.165, 1.54) is 12.4 Å². The van der Waals surface area contributed by atoms with Crippen molar-refractivity contribution in [3.63, 3.8) is 0 Å². The van der Waals surface area contributed by atoms with Gasteiger partial charge in [-0.2, -0.15) is 10.2 Å². The van der Waals surface area contributed by atoms with Crippen LogP contribution in [0.5, 0.6) is 11.5 Å². The lowest BCUT2D eigenvalue weighted by Gasteiger charge is -2.12. The third-order valence-corrected chi connectivity index (χ3v) is 2.65. The Balaban J connectivity index is 2.33. The van der Waals surface area contributed by atoms with E-state index in [0.717, 1.165) is 0 Å². The van der Waals surface area contributed by atoms with Crippen molar-refractivity contribution in [2.75, 3.05) is 13.2 Å². The summed E-state index contributed by atoms with van der Waals surface area (Å²) in [4.78, 5) is 12.3. The van der Waals surface area contributed by atoms with Gasteiger partial charge in [0.1, 0.15) is 0 Å². The van der Waals surface area contributed by atoms with Crippen LogP contribution < -0.4 is 9.47 Å². The number of carbonyl (C=O) groups excluding carboxylic acids is 1. The Bertz CT molecular complexity index is 585. The van der Waals surface area contributed by atoms with Gasteiger partial charge in [-0.25, -0.2) is 0 Å². The average Bonchev–Trinajstić information content (AvgIpc) is 2.50. The zero-order valence-corrected chi connectivity index (χ0v) is 11.5. The molecule has 104 valence electrons. The fourth-order valence-corrected chi connectivity index (χ4v) is 1.78. The van der Waals surface area contributed by atoms with Crippen LogP contribution in [0.4, 0.5) is 0 Å². The van der Waals surface area contributed by atoms with Crippen molar-refractivity contribution in [2.24, 2.45) is 0 Å². The van der Waals surface area contributed by atoms with Crippen LogP contribution in [0, 0.1) is 0 Å². The monoisotopic (exact) mass is 272 g/mol. The summed E-state index contributed by atoms with van der Waals surface area (Å²) in [5, 5.41) is 7.37. The highest BCUT2D eigenvalue weighted by molar-refractivity contribution is 6.09. The maximum Gasteiger partial charge on any atom is 0.194 e. The summed E-state index contributed by atoms with van der Waals surface area (Å²) in [6.45, 7) is 4.84. The summed E-state index contributed by atoms with van der Waals surface area (Å²) < 4.78 is 11.0. The molecule has 5 heteroatoms. The normalized spacial score (nSPS) is 10.1. The van der Waals surface area contributed by atoms with Crippen LogP contribution >= 0.6 is 0 Å². The minimum absolute atomic E-state index is 0.121. The summed E-state index contributed by atoms with van der Waals surface area (Å²) in [5.41, 5.74) is 1.02. The molecule has 2 rings (SSSR count). The summed E-state index contributed by atoms with van der Waals surface area (Å²) in [5.74, 6) is 1.09. The average molecular weight is 272 g/mol. The van der Waals surface area contributed by atoms with Crippen LogP contribution in [0.3, 0.4) is 0 Å². The number of carbonyl (C=O) groups is 1. The topological polar surface area (TPSA) is 61.3 Å². The number of nitrogens with zero attached hydrogens (tertiary/aromatic N) is 2. The molecule has 5 nitrogen and oxygen atoms in total. The Labute approximate surface area is 117 Å². The van der Waals surface area contributed by atoms with Gasteiger partial charge in [0.2, 0.25) is 0 Å². The third-order valence-electron chi connectivity index (χ3n) is 2.65. The molecule has 0 saturated carbocycles. The van der Waals surface area contributed by atoms with E-state index in [2.05, 4.69) is 10.2 Å². The molecular formula is C15H16N2O3. The fourth-order valence-electron chi connectivity index (χ4n) is 1.78. The molecule has 0 N–H and O–H groups in total. The van der Waals surface area contributed by atoms with Gasteiger partial charge in [0.05, 0.1) is 25.6 Å². The first kappa shape index (κ1) is 14.0. The van der Waals surface area contributed by atoms with Gasteiger partial charge in [0.15, 0.2) is 17.3 Å². The predicted molar refractivity (Wildman–Crippen MR) is 74.2 cm³/mol. The van der Waals surface area contributed by atoms with Gasteiger partial charge >= 0.3 is 0 Å². The Kier molecular flexibility index (Phi) is 4.65. The Hall–Kier alpha value is -2.43. The van der Waals surface area contributed by atoms with Crippen molar-refractivity contribution in [1.29, 1.82) is 0 Å². The molecule has 0 spiro atoms. The minimum atomic E-state index is -0.121. The molecule has 20 heavy (non-hydrogen) atoms. The number of hydrogen-bond donors (Lipinski definition) is 0. The van der Waals surface area contributed by atoms with Crippen molar-refractivity contribution >= 4 is 5.78 Å². The minimum Gasteiger partial charge on any atom is -0.490 e. The predicted octanol–water partition coefficient (Wildman–Crippen LogP) is 2.51. The molecule has 0 radical (unpaired) electrons. The Morgan fingerprint density at radius 3 is 2.40 bits per heavy atom. The fraction of sp³-hybridized carbons (Fsp3) is 0.267. The van der Waals surface area contributed by atoms with Crippen LogP contribution in [0.15, 0.2) is 36.7 Å². The van der Waals surface area contributed by atoms with Gasteiger partial charge in [0, 0.05) is 11.1 Å². The van der Waals surface area contributed by atoms with Crippen molar-refractivity contribution in [1.82, 2.24) is 10.2 Å². The maximum absolute atomic E-state index is 12.3. The lowest BCUT2D eigenvalue weighted by atomic mass is 10.0.